The summed E-state index contributed by atoms with van der Waals surface area (Å²) in [5, 5.41) is 3.28. The maximum absolute atomic E-state index is 12.7. The zero-order chi connectivity index (χ0) is 20.5. The van der Waals surface area contributed by atoms with Gasteiger partial charge in [0.2, 0.25) is 0 Å². The summed E-state index contributed by atoms with van der Waals surface area (Å²) in [4.78, 5) is 29.1. The zero-order valence-electron chi connectivity index (χ0n) is 16.7. The maximum atomic E-state index is 12.7. The number of amides is 1. The van der Waals surface area contributed by atoms with Gasteiger partial charge in [0.1, 0.15) is 16.9 Å². The van der Waals surface area contributed by atoms with Crippen LogP contribution in [-0.4, -0.2) is 16.7 Å². The number of carbonyl (C=O) groups is 1. The second-order valence-corrected chi connectivity index (χ2v) is 7.79. The van der Waals surface area contributed by atoms with Crippen molar-refractivity contribution < 1.29 is 13.9 Å². The molecule has 1 amide bonds. The minimum atomic E-state index is -0.600. The number of aryl methyl sites for hydroxylation is 1. The molecule has 146 valence electrons. The van der Waals surface area contributed by atoms with Gasteiger partial charge in [0.15, 0.2) is 11.2 Å². The van der Waals surface area contributed by atoms with Gasteiger partial charge in [0.25, 0.3) is 0 Å². The number of carbonyl (C=O) groups excluding carboxylic acids is 1. The molecule has 28 heavy (non-hydrogen) atoms. The number of nitrogens with zero attached hydrogens (tertiary/aromatic N) is 1. The Morgan fingerprint density at radius 3 is 2.61 bits per heavy atom. The van der Waals surface area contributed by atoms with Crippen LogP contribution in [0.3, 0.4) is 0 Å². The summed E-state index contributed by atoms with van der Waals surface area (Å²) in [6.45, 7) is 9.13. The van der Waals surface area contributed by atoms with E-state index in [4.69, 9.17) is 9.15 Å². The van der Waals surface area contributed by atoms with Crippen molar-refractivity contribution in [3.8, 4) is 11.5 Å². The Morgan fingerprint density at radius 2 is 1.96 bits per heavy atom. The fraction of sp³-hybridized carbons (Fsp3) is 0.318. The van der Waals surface area contributed by atoms with Crippen molar-refractivity contribution >= 4 is 17.1 Å². The number of rotatable bonds is 3. The summed E-state index contributed by atoms with van der Waals surface area (Å²) in [7, 11) is 0. The predicted molar refractivity (Wildman–Crippen MR) is 108 cm³/mol. The first kappa shape index (κ1) is 19.6. The lowest BCUT2D eigenvalue weighted by molar-refractivity contribution is 0.0508. The highest BCUT2D eigenvalue weighted by atomic mass is 16.6. The third-order valence-corrected chi connectivity index (χ3v) is 4.12. The first-order chi connectivity index (χ1) is 13.1. The van der Waals surface area contributed by atoms with Gasteiger partial charge in [0.05, 0.1) is 11.4 Å². The number of aromatic nitrogens is 1. The van der Waals surface area contributed by atoms with Crippen molar-refractivity contribution in [2.45, 2.75) is 46.3 Å². The lowest BCUT2D eigenvalue weighted by Crippen LogP contribution is -2.34. The monoisotopic (exact) mass is 380 g/mol. The van der Waals surface area contributed by atoms with E-state index in [1.54, 1.807) is 45.2 Å². The fourth-order valence-corrected chi connectivity index (χ4v) is 2.95. The molecule has 0 aliphatic carbocycles. The van der Waals surface area contributed by atoms with E-state index >= 15 is 0 Å². The first-order valence-electron chi connectivity index (χ1n) is 9.13. The van der Waals surface area contributed by atoms with Crippen LogP contribution in [0.5, 0.6) is 0 Å². The quantitative estimate of drug-likeness (QED) is 0.709. The Hall–Kier alpha value is -3.15. The average molecular weight is 380 g/mol. The second kappa shape index (κ2) is 7.46. The van der Waals surface area contributed by atoms with E-state index in [2.05, 4.69) is 10.3 Å². The summed E-state index contributed by atoms with van der Waals surface area (Å²) in [5.41, 5.74) is 1.85. The Bertz CT molecular complexity index is 1070. The van der Waals surface area contributed by atoms with E-state index in [0.717, 1.165) is 5.56 Å². The number of nitrogens with one attached hydrogen (secondary N) is 1. The normalized spacial score (nSPS) is 12.6. The molecule has 0 spiro atoms. The van der Waals surface area contributed by atoms with Crippen LogP contribution in [0.25, 0.3) is 22.4 Å². The third kappa shape index (κ3) is 4.39. The molecule has 2 heterocycles. The molecule has 0 saturated heterocycles. The molecule has 0 bridgehead atoms. The molecule has 0 fully saturated rings. The summed E-state index contributed by atoms with van der Waals surface area (Å²) in [6, 6.07) is 10.1. The van der Waals surface area contributed by atoms with Gasteiger partial charge in [-0.2, -0.15) is 0 Å². The van der Waals surface area contributed by atoms with E-state index in [-0.39, 0.29) is 5.43 Å². The molecular formula is C22H24N2O4. The fourth-order valence-electron chi connectivity index (χ4n) is 2.95. The molecule has 6 nitrogen and oxygen atoms in total. The third-order valence-electron chi connectivity index (χ3n) is 4.12. The molecule has 1 atom stereocenters. The molecule has 3 rings (SSSR count). The number of hydrogen-bond donors (Lipinski definition) is 1. The highest BCUT2D eigenvalue weighted by molar-refractivity contribution is 5.83. The highest BCUT2D eigenvalue weighted by Gasteiger charge is 2.21. The van der Waals surface area contributed by atoms with E-state index in [1.165, 1.54) is 6.07 Å². The summed E-state index contributed by atoms with van der Waals surface area (Å²) < 4.78 is 11.4. The molecule has 1 unspecified atom stereocenters. The van der Waals surface area contributed by atoms with Crippen LogP contribution in [0.4, 0.5) is 4.79 Å². The molecule has 0 aliphatic heterocycles. The van der Waals surface area contributed by atoms with Crippen molar-refractivity contribution in [2.75, 3.05) is 0 Å². The van der Waals surface area contributed by atoms with Crippen LogP contribution < -0.4 is 10.7 Å². The number of hydrogen-bond acceptors (Lipinski definition) is 5. The lowest BCUT2D eigenvalue weighted by Gasteiger charge is -2.22. The maximum Gasteiger partial charge on any atom is 0.408 e. The van der Waals surface area contributed by atoms with Gasteiger partial charge < -0.3 is 14.5 Å². The SMILES string of the molecule is Cc1cc(C(C)NC(=O)OC(C)(C)C)c2oc(-c3ccccn3)cc(=O)c2c1. The Labute approximate surface area is 163 Å². The number of benzene rings is 1. The van der Waals surface area contributed by atoms with Gasteiger partial charge in [-0.1, -0.05) is 12.1 Å². The topological polar surface area (TPSA) is 81.4 Å². The summed E-state index contributed by atoms with van der Waals surface area (Å²) in [5.74, 6) is 0.382. The first-order valence-corrected chi connectivity index (χ1v) is 9.13. The van der Waals surface area contributed by atoms with E-state index in [1.807, 2.05) is 26.0 Å². The van der Waals surface area contributed by atoms with Crippen LogP contribution in [0, 0.1) is 6.92 Å². The molecule has 2 aromatic heterocycles. The van der Waals surface area contributed by atoms with Crippen molar-refractivity contribution in [1.29, 1.82) is 0 Å². The second-order valence-electron chi connectivity index (χ2n) is 7.79. The minimum absolute atomic E-state index is 0.156. The molecular weight excluding hydrogens is 356 g/mol. The lowest BCUT2D eigenvalue weighted by atomic mass is 10.0. The summed E-state index contributed by atoms with van der Waals surface area (Å²) >= 11 is 0. The number of fused-ring (bicyclic) bond motifs is 1. The van der Waals surface area contributed by atoms with Crippen LogP contribution in [0.2, 0.25) is 0 Å². The predicted octanol–water partition coefficient (Wildman–Crippen LogP) is 4.75. The molecule has 0 aliphatic rings. The Kier molecular flexibility index (Phi) is 5.23. The van der Waals surface area contributed by atoms with Crippen molar-refractivity contribution in [3.05, 3.63) is 63.9 Å². The molecule has 3 aromatic rings. The molecule has 0 saturated carbocycles. The van der Waals surface area contributed by atoms with E-state index in [0.29, 0.717) is 28.0 Å². The standard InChI is InChI=1S/C22H24N2O4/c1-13-10-15(14(2)24-21(26)28-22(3,4)5)20-16(11-13)18(25)12-19(27-20)17-8-6-7-9-23-17/h6-12,14H,1-5H3,(H,24,26). The molecule has 1 aromatic carbocycles. The van der Waals surface area contributed by atoms with Crippen LogP contribution >= 0.6 is 0 Å². The van der Waals surface area contributed by atoms with Gasteiger partial charge in [-0.25, -0.2) is 4.79 Å². The van der Waals surface area contributed by atoms with Gasteiger partial charge in [0, 0.05) is 17.8 Å². The average Bonchev–Trinajstić information content (AvgIpc) is 2.60. The molecule has 1 N–H and O–H groups in total. The minimum Gasteiger partial charge on any atom is -0.454 e. The van der Waals surface area contributed by atoms with E-state index < -0.39 is 17.7 Å². The smallest absolute Gasteiger partial charge is 0.408 e. The zero-order valence-corrected chi connectivity index (χ0v) is 16.7. The highest BCUT2D eigenvalue weighted by Crippen LogP contribution is 2.28. The van der Waals surface area contributed by atoms with Crippen LogP contribution in [0.15, 0.2) is 51.8 Å². The summed E-state index contributed by atoms with van der Waals surface area (Å²) in [6.07, 6.45) is 1.11. The number of alkyl carbamates (subject to hydrolysis) is 1. The van der Waals surface area contributed by atoms with Gasteiger partial charge >= 0.3 is 6.09 Å². The number of ether oxygens (including phenoxy) is 1. The van der Waals surface area contributed by atoms with Crippen LogP contribution in [-0.2, 0) is 4.74 Å². The Morgan fingerprint density at radius 1 is 1.21 bits per heavy atom. The van der Waals surface area contributed by atoms with Gasteiger partial charge in [-0.15, -0.1) is 0 Å². The Balaban J connectivity index is 2.07. The van der Waals surface area contributed by atoms with E-state index in [9.17, 15) is 9.59 Å². The van der Waals surface area contributed by atoms with Gasteiger partial charge in [-0.3, -0.25) is 9.78 Å². The molecule has 0 radical (unpaired) electrons. The van der Waals surface area contributed by atoms with Gasteiger partial charge in [-0.05, 0) is 58.4 Å². The van der Waals surface area contributed by atoms with Crippen molar-refractivity contribution in [1.82, 2.24) is 10.3 Å². The van der Waals surface area contributed by atoms with Crippen molar-refractivity contribution in [3.63, 3.8) is 0 Å². The van der Waals surface area contributed by atoms with Crippen LogP contribution in [0.1, 0.15) is 44.9 Å². The number of pyridine rings is 1. The molecule has 6 heteroatoms. The van der Waals surface area contributed by atoms with Crippen molar-refractivity contribution in [2.24, 2.45) is 0 Å². The largest absolute Gasteiger partial charge is 0.454 e.